The molecular formula is C17H19NO. The molecule has 0 bridgehead atoms. The van der Waals surface area contributed by atoms with Crippen LogP contribution in [0.25, 0.3) is 11.1 Å². The predicted molar refractivity (Wildman–Crippen MR) is 78.5 cm³/mol. The van der Waals surface area contributed by atoms with Crippen LogP contribution >= 0.6 is 0 Å². The Morgan fingerprint density at radius 2 is 1.84 bits per heavy atom. The van der Waals surface area contributed by atoms with E-state index >= 15 is 0 Å². The molecule has 0 spiro atoms. The fraction of sp³-hybridized carbons (Fsp3) is 0.294. The first-order valence-electron chi connectivity index (χ1n) is 6.82. The first-order valence-corrected chi connectivity index (χ1v) is 6.82. The summed E-state index contributed by atoms with van der Waals surface area (Å²) in [5, 5.41) is 0. The average molecular weight is 253 g/mol. The lowest BCUT2D eigenvalue weighted by atomic mass is 9.91. The molecule has 1 aliphatic heterocycles. The third-order valence-electron chi connectivity index (χ3n) is 3.85. The highest BCUT2D eigenvalue weighted by Gasteiger charge is 2.20. The van der Waals surface area contributed by atoms with Crippen molar-refractivity contribution in [2.45, 2.75) is 19.3 Å². The van der Waals surface area contributed by atoms with Gasteiger partial charge in [0.1, 0.15) is 5.75 Å². The molecule has 19 heavy (non-hydrogen) atoms. The minimum absolute atomic E-state index is 0.441. The van der Waals surface area contributed by atoms with Crippen molar-refractivity contribution in [3.63, 3.8) is 0 Å². The lowest BCUT2D eigenvalue weighted by Gasteiger charge is -2.25. The van der Waals surface area contributed by atoms with E-state index in [0.717, 1.165) is 18.8 Å². The number of ether oxygens (including phenoxy) is 1. The van der Waals surface area contributed by atoms with E-state index in [2.05, 4.69) is 49.4 Å². The molecular weight excluding hydrogens is 234 g/mol. The third kappa shape index (κ3) is 2.36. The average Bonchev–Trinajstić information content (AvgIpc) is 2.47. The number of rotatable bonds is 2. The second-order valence-electron chi connectivity index (χ2n) is 5.19. The van der Waals surface area contributed by atoms with E-state index in [4.69, 9.17) is 10.5 Å². The van der Waals surface area contributed by atoms with Crippen LogP contribution in [0, 0.1) is 6.92 Å². The van der Waals surface area contributed by atoms with Crippen molar-refractivity contribution >= 4 is 0 Å². The van der Waals surface area contributed by atoms with Gasteiger partial charge in [-0.3, -0.25) is 0 Å². The van der Waals surface area contributed by atoms with Crippen LogP contribution in [-0.2, 0) is 0 Å². The second kappa shape index (κ2) is 5.06. The minimum atomic E-state index is 0.441. The normalized spacial score (nSPS) is 17.7. The summed E-state index contributed by atoms with van der Waals surface area (Å²) in [5.74, 6) is 1.44. The molecule has 0 saturated heterocycles. The molecule has 2 N–H and O–H groups in total. The standard InChI is InChI=1S/C17H19NO/c1-12-2-4-13(5-3-12)14-6-7-16-15(11-18)8-9-19-17(16)10-14/h2-7,10,15H,8-9,11,18H2,1H3. The summed E-state index contributed by atoms with van der Waals surface area (Å²) in [5.41, 5.74) is 10.8. The van der Waals surface area contributed by atoms with E-state index in [1.165, 1.54) is 22.3 Å². The Balaban J connectivity index is 1.99. The summed E-state index contributed by atoms with van der Waals surface area (Å²) >= 11 is 0. The predicted octanol–water partition coefficient (Wildman–Crippen LogP) is 3.49. The first-order chi connectivity index (χ1) is 9.28. The molecule has 0 saturated carbocycles. The van der Waals surface area contributed by atoms with Gasteiger partial charge < -0.3 is 10.5 Å². The number of hydrogen-bond donors (Lipinski definition) is 1. The maximum absolute atomic E-state index is 5.83. The van der Waals surface area contributed by atoms with Gasteiger partial charge in [0, 0.05) is 5.92 Å². The smallest absolute Gasteiger partial charge is 0.123 e. The zero-order valence-corrected chi connectivity index (χ0v) is 11.2. The fourth-order valence-electron chi connectivity index (χ4n) is 2.63. The van der Waals surface area contributed by atoms with Crippen LogP contribution in [0.2, 0.25) is 0 Å². The molecule has 2 aromatic rings. The fourth-order valence-corrected chi connectivity index (χ4v) is 2.63. The highest BCUT2D eigenvalue weighted by Crippen LogP contribution is 2.36. The molecule has 0 fully saturated rings. The molecule has 3 rings (SSSR count). The van der Waals surface area contributed by atoms with Crippen LogP contribution < -0.4 is 10.5 Å². The van der Waals surface area contributed by atoms with Gasteiger partial charge in [-0.25, -0.2) is 0 Å². The summed E-state index contributed by atoms with van der Waals surface area (Å²) < 4.78 is 5.79. The van der Waals surface area contributed by atoms with Crippen LogP contribution in [0.1, 0.15) is 23.5 Å². The van der Waals surface area contributed by atoms with Crippen molar-refractivity contribution in [1.82, 2.24) is 0 Å². The number of benzene rings is 2. The van der Waals surface area contributed by atoms with E-state index in [9.17, 15) is 0 Å². The zero-order chi connectivity index (χ0) is 13.2. The number of aryl methyl sites for hydroxylation is 1. The summed E-state index contributed by atoms with van der Waals surface area (Å²) in [7, 11) is 0. The Morgan fingerprint density at radius 3 is 2.58 bits per heavy atom. The van der Waals surface area contributed by atoms with Crippen LogP contribution in [0.15, 0.2) is 42.5 Å². The molecule has 0 aromatic heterocycles. The summed E-state index contributed by atoms with van der Waals surface area (Å²) in [6.07, 6.45) is 1.02. The number of hydrogen-bond acceptors (Lipinski definition) is 2. The largest absolute Gasteiger partial charge is 0.493 e. The van der Waals surface area contributed by atoms with E-state index in [0.29, 0.717) is 12.5 Å². The van der Waals surface area contributed by atoms with Gasteiger partial charge >= 0.3 is 0 Å². The van der Waals surface area contributed by atoms with Crippen molar-refractivity contribution in [1.29, 1.82) is 0 Å². The Hall–Kier alpha value is -1.80. The van der Waals surface area contributed by atoms with E-state index in [1.807, 2.05) is 0 Å². The summed E-state index contributed by atoms with van der Waals surface area (Å²) in [6.45, 7) is 3.57. The molecule has 1 aliphatic rings. The molecule has 98 valence electrons. The van der Waals surface area contributed by atoms with Gasteiger partial charge in [-0.05, 0) is 42.6 Å². The highest BCUT2D eigenvalue weighted by molar-refractivity contribution is 5.66. The molecule has 2 aromatic carbocycles. The lowest BCUT2D eigenvalue weighted by molar-refractivity contribution is 0.269. The van der Waals surface area contributed by atoms with E-state index in [-0.39, 0.29) is 0 Å². The molecule has 0 radical (unpaired) electrons. The monoisotopic (exact) mass is 253 g/mol. The number of nitrogens with two attached hydrogens (primary N) is 1. The minimum Gasteiger partial charge on any atom is -0.493 e. The van der Waals surface area contributed by atoms with Crippen LogP contribution in [0.4, 0.5) is 0 Å². The van der Waals surface area contributed by atoms with Gasteiger partial charge in [0.2, 0.25) is 0 Å². The number of fused-ring (bicyclic) bond motifs is 1. The molecule has 2 heteroatoms. The van der Waals surface area contributed by atoms with Gasteiger partial charge in [0.15, 0.2) is 0 Å². The molecule has 1 unspecified atom stereocenters. The Bertz CT molecular complexity index is 574. The Kier molecular flexibility index (Phi) is 3.26. The molecule has 2 nitrogen and oxygen atoms in total. The van der Waals surface area contributed by atoms with Gasteiger partial charge in [-0.15, -0.1) is 0 Å². The van der Waals surface area contributed by atoms with Crippen molar-refractivity contribution in [3.05, 3.63) is 53.6 Å². The van der Waals surface area contributed by atoms with E-state index in [1.54, 1.807) is 0 Å². The Morgan fingerprint density at radius 1 is 1.11 bits per heavy atom. The van der Waals surface area contributed by atoms with Gasteiger partial charge in [0.05, 0.1) is 6.61 Å². The molecule has 1 heterocycles. The Labute approximate surface area is 114 Å². The van der Waals surface area contributed by atoms with Crippen molar-refractivity contribution in [2.24, 2.45) is 5.73 Å². The van der Waals surface area contributed by atoms with E-state index < -0.39 is 0 Å². The maximum Gasteiger partial charge on any atom is 0.123 e. The van der Waals surface area contributed by atoms with Gasteiger partial charge in [-0.2, -0.15) is 0 Å². The first kappa shape index (κ1) is 12.2. The molecule has 0 aliphatic carbocycles. The molecule has 1 atom stereocenters. The van der Waals surface area contributed by atoms with Crippen molar-refractivity contribution in [3.8, 4) is 16.9 Å². The van der Waals surface area contributed by atoms with Crippen LogP contribution in [0.5, 0.6) is 5.75 Å². The summed E-state index contributed by atoms with van der Waals surface area (Å²) in [4.78, 5) is 0. The van der Waals surface area contributed by atoms with Crippen LogP contribution in [-0.4, -0.2) is 13.2 Å². The zero-order valence-electron chi connectivity index (χ0n) is 11.2. The highest BCUT2D eigenvalue weighted by atomic mass is 16.5. The summed E-state index contributed by atoms with van der Waals surface area (Å²) in [6, 6.07) is 15.1. The van der Waals surface area contributed by atoms with Crippen molar-refractivity contribution < 1.29 is 4.74 Å². The lowest BCUT2D eigenvalue weighted by Crippen LogP contribution is -2.20. The van der Waals surface area contributed by atoms with Crippen molar-refractivity contribution in [2.75, 3.05) is 13.2 Å². The third-order valence-corrected chi connectivity index (χ3v) is 3.85. The molecule has 0 amide bonds. The SMILES string of the molecule is Cc1ccc(-c2ccc3c(c2)OCCC3CN)cc1. The van der Waals surface area contributed by atoms with Crippen LogP contribution in [0.3, 0.4) is 0 Å². The van der Waals surface area contributed by atoms with Gasteiger partial charge in [0.25, 0.3) is 0 Å². The quantitative estimate of drug-likeness (QED) is 0.889. The second-order valence-corrected chi connectivity index (χ2v) is 5.19. The maximum atomic E-state index is 5.83. The van der Waals surface area contributed by atoms with Gasteiger partial charge in [-0.1, -0.05) is 42.0 Å². The topological polar surface area (TPSA) is 35.2 Å².